The van der Waals surface area contributed by atoms with Gasteiger partial charge in [0.25, 0.3) is 0 Å². The smallest absolute Gasteiger partial charge is 0.319 e. The molecule has 9 nitrogen and oxygen atoms in total. The molecule has 250 valence electrons. The summed E-state index contributed by atoms with van der Waals surface area (Å²) in [4.78, 5) is 19.1. The number of benzene rings is 2. The molecular formula is C36H44F2N6O3. The topological polar surface area (TPSA) is 95.9 Å². The Morgan fingerprint density at radius 1 is 0.979 bits per heavy atom. The molecule has 0 bridgehead atoms. The predicted molar refractivity (Wildman–Crippen MR) is 180 cm³/mol. The van der Waals surface area contributed by atoms with Crippen molar-refractivity contribution in [3.8, 4) is 28.8 Å². The van der Waals surface area contributed by atoms with Crippen LogP contribution in [0.1, 0.15) is 65.0 Å². The molecule has 0 spiro atoms. The van der Waals surface area contributed by atoms with Crippen LogP contribution in [0.2, 0.25) is 0 Å². The number of anilines is 1. The number of phenols is 1. The number of pyridine rings is 1. The van der Waals surface area contributed by atoms with Gasteiger partial charge in [-0.15, -0.1) is 0 Å². The number of phenolic OH excluding ortho intramolecular Hbond substituents is 1. The van der Waals surface area contributed by atoms with Crippen LogP contribution in [0.3, 0.4) is 0 Å². The number of aromatic nitrogens is 3. The lowest BCUT2D eigenvalue weighted by Gasteiger charge is -2.32. The van der Waals surface area contributed by atoms with Crippen LogP contribution in [0, 0.1) is 11.6 Å². The fraction of sp³-hybridized carbons (Fsp3) is 0.528. The zero-order chi connectivity index (χ0) is 32.7. The second-order valence-corrected chi connectivity index (χ2v) is 12.9. The van der Waals surface area contributed by atoms with Crippen LogP contribution in [-0.4, -0.2) is 82.5 Å². The number of halogens is 2. The summed E-state index contributed by atoms with van der Waals surface area (Å²) in [5.74, 6) is -0.617. The fourth-order valence-electron chi connectivity index (χ4n) is 7.52. The third-order valence-corrected chi connectivity index (χ3v) is 9.92. The van der Waals surface area contributed by atoms with Crippen molar-refractivity contribution in [2.45, 2.75) is 77.4 Å². The van der Waals surface area contributed by atoms with E-state index in [0.29, 0.717) is 53.8 Å². The third-order valence-electron chi connectivity index (χ3n) is 9.92. The standard InChI is InChI=1S/C34H38F2N6O3.C2H6/c1-2-25-27-30(28(36)29(38-25)23-18-21(43)17-20-5-8-24(35)31(26(20)23)45-22-6-7-22)39-33(40-32(27)41-15-11-37-12-16-41)44-19-34-9-3-13-42(34)14-4-10-34;1-2/h5,8,17-18,22,37,43H,2-4,6-7,9-16,19H2,1H3;1-2H3. The van der Waals surface area contributed by atoms with Gasteiger partial charge in [0.15, 0.2) is 17.4 Å². The minimum absolute atomic E-state index is 0.0150. The number of piperazine rings is 1. The Bertz CT molecular complexity index is 1780. The van der Waals surface area contributed by atoms with Gasteiger partial charge in [0, 0.05) is 37.1 Å². The number of aryl methyl sites for hydroxylation is 1. The van der Waals surface area contributed by atoms with Gasteiger partial charge in [-0.25, -0.2) is 13.8 Å². The van der Waals surface area contributed by atoms with Crippen LogP contribution in [0.25, 0.3) is 32.9 Å². The Labute approximate surface area is 274 Å². The highest BCUT2D eigenvalue weighted by atomic mass is 19.1. The maximum absolute atomic E-state index is 17.1. The Morgan fingerprint density at radius 2 is 1.72 bits per heavy atom. The minimum atomic E-state index is -0.666. The second kappa shape index (κ2) is 13.0. The average Bonchev–Trinajstić information content (AvgIpc) is 3.70. The van der Waals surface area contributed by atoms with E-state index in [1.165, 1.54) is 18.2 Å². The lowest BCUT2D eigenvalue weighted by Crippen LogP contribution is -2.44. The van der Waals surface area contributed by atoms with Gasteiger partial charge in [-0.2, -0.15) is 9.97 Å². The number of ether oxygens (including phenoxy) is 2. The summed E-state index contributed by atoms with van der Waals surface area (Å²) in [5.41, 5.74) is 0.951. The van der Waals surface area contributed by atoms with Crippen molar-refractivity contribution in [3.05, 3.63) is 41.6 Å². The summed E-state index contributed by atoms with van der Waals surface area (Å²) in [6.07, 6.45) is 6.49. The van der Waals surface area contributed by atoms with Gasteiger partial charge in [-0.3, -0.25) is 4.90 Å². The number of hydrogen-bond donors (Lipinski definition) is 2. The fourth-order valence-corrected chi connectivity index (χ4v) is 7.52. The maximum Gasteiger partial charge on any atom is 0.319 e. The summed E-state index contributed by atoms with van der Waals surface area (Å²) in [7, 11) is 0. The Kier molecular flexibility index (Phi) is 8.78. The molecule has 3 aliphatic heterocycles. The first-order valence-electron chi connectivity index (χ1n) is 17.3. The highest BCUT2D eigenvalue weighted by Gasteiger charge is 2.45. The lowest BCUT2D eigenvalue weighted by atomic mass is 9.95. The normalized spacial score (nSPS) is 19.1. The van der Waals surface area contributed by atoms with Crippen LogP contribution in [0.4, 0.5) is 14.6 Å². The molecule has 4 aromatic rings. The summed E-state index contributed by atoms with van der Waals surface area (Å²) in [6, 6.07) is 5.99. The molecule has 8 rings (SSSR count). The second-order valence-electron chi connectivity index (χ2n) is 12.9. The summed E-state index contributed by atoms with van der Waals surface area (Å²) in [5, 5.41) is 15.6. The molecule has 2 aromatic heterocycles. The van der Waals surface area contributed by atoms with Gasteiger partial charge < -0.3 is 24.8 Å². The molecule has 1 saturated carbocycles. The van der Waals surface area contributed by atoms with Crippen LogP contribution in [0.5, 0.6) is 17.5 Å². The number of nitrogens with zero attached hydrogens (tertiary/aromatic N) is 5. The van der Waals surface area contributed by atoms with Gasteiger partial charge in [0.1, 0.15) is 29.4 Å². The van der Waals surface area contributed by atoms with Crippen molar-refractivity contribution in [1.29, 1.82) is 0 Å². The highest BCUT2D eigenvalue weighted by Crippen LogP contribution is 2.44. The first-order valence-corrected chi connectivity index (χ1v) is 17.3. The van der Waals surface area contributed by atoms with Crippen molar-refractivity contribution in [3.63, 3.8) is 0 Å². The molecule has 0 radical (unpaired) electrons. The molecule has 11 heteroatoms. The molecule has 47 heavy (non-hydrogen) atoms. The third kappa shape index (κ3) is 5.82. The molecule has 5 heterocycles. The molecule has 2 N–H and O–H groups in total. The quantitative estimate of drug-likeness (QED) is 0.226. The largest absolute Gasteiger partial charge is 0.508 e. The predicted octanol–water partition coefficient (Wildman–Crippen LogP) is 6.38. The van der Waals surface area contributed by atoms with E-state index in [0.717, 1.165) is 64.7 Å². The molecule has 4 aliphatic rings. The van der Waals surface area contributed by atoms with Crippen molar-refractivity contribution >= 4 is 27.5 Å². The number of hydrogen-bond acceptors (Lipinski definition) is 9. The molecule has 2 aromatic carbocycles. The Hall–Kier alpha value is -3.83. The van der Waals surface area contributed by atoms with Crippen molar-refractivity contribution < 1.29 is 23.4 Å². The van der Waals surface area contributed by atoms with Crippen LogP contribution < -0.4 is 19.7 Å². The molecular weight excluding hydrogens is 602 g/mol. The lowest BCUT2D eigenvalue weighted by molar-refractivity contribution is 0.108. The van der Waals surface area contributed by atoms with Crippen molar-refractivity contribution in [2.75, 3.05) is 50.8 Å². The van der Waals surface area contributed by atoms with E-state index in [9.17, 15) is 5.11 Å². The monoisotopic (exact) mass is 646 g/mol. The van der Waals surface area contributed by atoms with E-state index in [4.69, 9.17) is 24.4 Å². The number of nitrogens with one attached hydrogen (secondary N) is 1. The molecule has 1 aliphatic carbocycles. The van der Waals surface area contributed by atoms with E-state index in [1.54, 1.807) is 6.07 Å². The van der Waals surface area contributed by atoms with Gasteiger partial charge in [0.05, 0.1) is 22.7 Å². The van der Waals surface area contributed by atoms with Gasteiger partial charge in [0.2, 0.25) is 0 Å². The van der Waals surface area contributed by atoms with Crippen LogP contribution in [-0.2, 0) is 6.42 Å². The van der Waals surface area contributed by atoms with Crippen molar-refractivity contribution in [2.24, 2.45) is 0 Å². The number of aromatic hydroxyl groups is 1. The molecule has 0 unspecified atom stereocenters. The average molecular weight is 647 g/mol. The van der Waals surface area contributed by atoms with E-state index < -0.39 is 11.6 Å². The summed E-state index contributed by atoms with van der Waals surface area (Å²) in [6.45, 7) is 11.5. The van der Waals surface area contributed by atoms with Gasteiger partial charge in [-0.1, -0.05) is 26.8 Å². The van der Waals surface area contributed by atoms with Crippen molar-refractivity contribution in [1.82, 2.24) is 25.2 Å². The number of rotatable bonds is 8. The molecule has 0 atom stereocenters. The first kappa shape index (κ1) is 31.8. The zero-order valence-electron chi connectivity index (χ0n) is 27.5. The number of fused-ring (bicyclic) bond motifs is 3. The Morgan fingerprint density at radius 3 is 2.43 bits per heavy atom. The van der Waals surface area contributed by atoms with Crippen LogP contribution >= 0.6 is 0 Å². The van der Waals surface area contributed by atoms with Gasteiger partial charge in [-0.05, 0) is 81.6 Å². The van der Waals surface area contributed by atoms with E-state index in [-0.39, 0.29) is 45.9 Å². The molecule has 3 saturated heterocycles. The van der Waals surface area contributed by atoms with Gasteiger partial charge >= 0.3 is 6.01 Å². The Balaban J connectivity index is 0.00000172. The maximum atomic E-state index is 17.1. The summed E-state index contributed by atoms with van der Waals surface area (Å²) < 4.78 is 44.7. The SMILES string of the molecule is CC.CCc1nc(-c2cc(O)cc3ccc(F)c(OC4CC4)c23)c(F)c2nc(OCC34CCCN3CCC4)nc(N3CCNCC3)c12. The zero-order valence-corrected chi connectivity index (χ0v) is 27.5. The minimum Gasteiger partial charge on any atom is -0.508 e. The summed E-state index contributed by atoms with van der Waals surface area (Å²) >= 11 is 0. The first-order chi connectivity index (χ1) is 22.9. The van der Waals surface area contributed by atoms with E-state index in [2.05, 4.69) is 15.1 Å². The molecule has 4 fully saturated rings. The molecule has 0 amide bonds. The van der Waals surface area contributed by atoms with Crippen LogP contribution in [0.15, 0.2) is 24.3 Å². The van der Waals surface area contributed by atoms with E-state index >= 15 is 8.78 Å². The van der Waals surface area contributed by atoms with E-state index in [1.807, 2.05) is 20.8 Å². The highest BCUT2D eigenvalue weighted by molar-refractivity contribution is 6.03.